The third kappa shape index (κ3) is 11.4. The van der Waals surface area contributed by atoms with Gasteiger partial charge in [0.25, 0.3) is 11.1 Å². The molecule has 2 aromatic heterocycles. The Morgan fingerprint density at radius 3 is 0.979 bits per heavy atom. The molecule has 0 aliphatic carbocycles. The summed E-state index contributed by atoms with van der Waals surface area (Å²) in [5.41, 5.74) is 2.04. The van der Waals surface area contributed by atoms with Gasteiger partial charge in [0, 0.05) is 31.0 Å². The maximum atomic E-state index is 14.1. The molecule has 0 unspecified atom stereocenters. The second-order valence-electron chi connectivity index (χ2n) is 14.4. The molecular weight excluding hydrogens is 818 g/mol. The average molecular weight is 881 g/mol. The average Bonchev–Trinajstić information content (AvgIpc) is 3.07. The summed E-state index contributed by atoms with van der Waals surface area (Å²) < 4.78 is 6.00. The predicted octanol–water partition coefficient (Wildman–Crippen LogP) is 13.5. The molecule has 0 saturated heterocycles. The Bertz CT molecular complexity index is 1520. The zero-order valence-corrected chi connectivity index (χ0v) is 34.5. The fourth-order valence-electron chi connectivity index (χ4n) is 7.65. The second kappa shape index (κ2) is 21.9. The molecule has 0 bridgehead atoms. The summed E-state index contributed by atoms with van der Waals surface area (Å²) in [4.78, 5) is 28.3. The first kappa shape index (κ1) is 39.6. The van der Waals surface area contributed by atoms with Crippen molar-refractivity contribution in [1.29, 1.82) is 0 Å². The molecule has 266 valence electrons. The van der Waals surface area contributed by atoms with Gasteiger partial charge in [0.15, 0.2) is 0 Å². The van der Waals surface area contributed by atoms with E-state index < -0.39 is 0 Å². The minimum Gasteiger partial charge on any atom is -0.308 e. The van der Waals surface area contributed by atoms with Gasteiger partial charge >= 0.3 is 0 Å². The zero-order valence-electron chi connectivity index (χ0n) is 30.2. The van der Waals surface area contributed by atoms with E-state index in [4.69, 9.17) is 0 Å². The Balaban J connectivity index is 1.38. The van der Waals surface area contributed by atoms with Crippen LogP contribution in [0.15, 0.2) is 33.9 Å². The highest BCUT2D eigenvalue weighted by molar-refractivity contribution is 14.1. The Morgan fingerprint density at radius 1 is 0.417 bits per heavy atom. The number of pyridine rings is 2. The van der Waals surface area contributed by atoms with Crippen LogP contribution in [0.5, 0.6) is 0 Å². The minimum absolute atomic E-state index is 0.0907. The van der Waals surface area contributed by atoms with Crippen molar-refractivity contribution in [1.82, 2.24) is 9.13 Å². The van der Waals surface area contributed by atoms with Crippen LogP contribution in [-0.4, -0.2) is 9.13 Å². The molecule has 0 saturated carbocycles. The minimum atomic E-state index is 0.0907. The van der Waals surface area contributed by atoms with Crippen LogP contribution in [0.25, 0.3) is 32.6 Å². The van der Waals surface area contributed by atoms with Crippen LogP contribution in [0.4, 0.5) is 0 Å². The fourth-order valence-corrected chi connectivity index (χ4v) is 8.86. The molecule has 4 rings (SSSR count). The first-order chi connectivity index (χ1) is 23.5. The smallest absolute Gasteiger partial charge is 0.259 e. The van der Waals surface area contributed by atoms with Crippen molar-refractivity contribution in [3.8, 4) is 0 Å². The lowest BCUT2D eigenvalue weighted by molar-refractivity contribution is 0.528. The summed E-state index contributed by atoms with van der Waals surface area (Å²) in [6.07, 6.45) is 31.2. The number of rotatable bonds is 26. The standard InChI is InChI=1S/C42H62I2N2O2/c1-3-5-7-9-11-13-15-17-19-21-23-25-27-45-37-31-33(43)30-36-39(37)40-35(41(45)47)29-34(44)32-38(40)46(42(36)48)28-26-24-22-20-18-16-14-12-10-8-6-4-2/h29-32H,3-28H2,1-2H3. The van der Waals surface area contributed by atoms with Crippen LogP contribution in [0.3, 0.4) is 0 Å². The van der Waals surface area contributed by atoms with E-state index in [1.54, 1.807) is 0 Å². The lowest BCUT2D eigenvalue weighted by atomic mass is 9.99. The molecule has 0 amide bonds. The van der Waals surface area contributed by atoms with Crippen LogP contribution >= 0.6 is 45.2 Å². The van der Waals surface area contributed by atoms with Crippen LogP contribution < -0.4 is 11.1 Å². The molecule has 0 aliphatic heterocycles. The van der Waals surface area contributed by atoms with E-state index in [1.807, 2.05) is 21.3 Å². The Hall–Kier alpha value is -1.16. The van der Waals surface area contributed by atoms with E-state index in [-0.39, 0.29) is 11.1 Å². The van der Waals surface area contributed by atoms with Crippen LogP contribution in [0.2, 0.25) is 0 Å². The summed E-state index contributed by atoms with van der Waals surface area (Å²) in [5.74, 6) is 0. The SMILES string of the molecule is CCCCCCCCCCCCCCn1c(=O)c2cc(I)cc3c2c2c(cc(I)cc21)c(=O)n3CCCCCCCCCCCCCC. The topological polar surface area (TPSA) is 44.0 Å². The van der Waals surface area contributed by atoms with Crippen molar-refractivity contribution in [2.75, 3.05) is 0 Å². The van der Waals surface area contributed by atoms with E-state index in [2.05, 4.69) is 71.2 Å². The summed E-state index contributed by atoms with van der Waals surface area (Å²) in [5, 5.41) is 3.48. The monoisotopic (exact) mass is 880 g/mol. The number of aryl methyl sites for hydroxylation is 2. The molecule has 6 heteroatoms. The van der Waals surface area contributed by atoms with E-state index in [0.29, 0.717) is 13.1 Å². The van der Waals surface area contributed by atoms with Gasteiger partial charge < -0.3 is 9.13 Å². The third-order valence-corrected chi connectivity index (χ3v) is 11.7. The van der Waals surface area contributed by atoms with Crippen molar-refractivity contribution in [2.45, 2.75) is 181 Å². The van der Waals surface area contributed by atoms with Gasteiger partial charge in [0.2, 0.25) is 0 Å². The second-order valence-corrected chi connectivity index (χ2v) is 16.9. The lowest BCUT2D eigenvalue weighted by Gasteiger charge is -2.20. The Labute approximate surface area is 317 Å². The highest BCUT2D eigenvalue weighted by atomic mass is 127. The highest BCUT2D eigenvalue weighted by Crippen LogP contribution is 2.34. The van der Waals surface area contributed by atoms with Gasteiger partial charge in [-0.1, -0.05) is 155 Å². The number of unbranched alkanes of at least 4 members (excludes halogenated alkanes) is 22. The van der Waals surface area contributed by atoms with Crippen molar-refractivity contribution < 1.29 is 0 Å². The van der Waals surface area contributed by atoms with Gasteiger partial charge in [-0.25, -0.2) is 0 Å². The summed E-state index contributed by atoms with van der Waals surface area (Å²) in [7, 11) is 0. The quantitative estimate of drug-likeness (QED) is 0.0358. The summed E-state index contributed by atoms with van der Waals surface area (Å²) >= 11 is 4.64. The number of nitrogens with zero attached hydrogens (tertiary/aromatic N) is 2. The molecule has 4 aromatic rings. The number of halogens is 2. The van der Waals surface area contributed by atoms with Gasteiger partial charge in [-0.05, 0) is 82.3 Å². The molecule has 0 fully saturated rings. The van der Waals surface area contributed by atoms with Gasteiger partial charge in [-0.2, -0.15) is 0 Å². The molecule has 48 heavy (non-hydrogen) atoms. The maximum Gasteiger partial charge on any atom is 0.259 e. The van der Waals surface area contributed by atoms with E-state index in [0.717, 1.165) is 65.4 Å². The van der Waals surface area contributed by atoms with Crippen molar-refractivity contribution in [2.24, 2.45) is 0 Å². The number of hydrogen-bond donors (Lipinski definition) is 0. The Morgan fingerprint density at radius 2 is 0.688 bits per heavy atom. The largest absolute Gasteiger partial charge is 0.308 e. The zero-order chi connectivity index (χ0) is 34.1. The molecular formula is C42H62I2N2O2. The van der Waals surface area contributed by atoms with Crippen molar-refractivity contribution in [3.63, 3.8) is 0 Å². The lowest BCUT2D eigenvalue weighted by Crippen LogP contribution is -2.26. The number of aromatic nitrogens is 2. The van der Waals surface area contributed by atoms with Crippen LogP contribution in [0, 0.1) is 7.14 Å². The van der Waals surface area contributed by atoms with Gasteiger partial charge in [-0.15, -0.1) is 0 Å². The molecule has 0 radical (unpaired) electrons. The maximum absolute atomic E-state index is 14.1. The van der Waals surface area contributed by atoms with Crippen molar-refractivity contribution >= 4 is 77.8 Å². The molecule has 0 atom stereocenters. The summed E-state index contributed by atoms with van der Waals surface area (Å²) in [6.45, 7) is 5.97. The molecule has 4 nitrogen and oxygen atoms in total. The van der Waals surface area contributed by atoms with Crippen LogP contribution in [0.1, 0.15) is 168 Å². The predicted molar refractivity (Wildman–Crippen MR) is 226 cm³/mol. The van der Waals surface area contributed by atoms with Crippen LogP contribution in [-0.2, 0) is 13.1 Å². The molecule has 2 aromatic carbocycles. The third-order valence-electron chi connectivity index (χ3n) is 10.4. The molecule has 2 heterocycles. The number of hydrogen-bond acceptors (Lipinski definition) is 2. The van der Waals surface area contributed by atoms with E-state index in [1.165, 1.54) is 128 Å². The number of benzene rings is 2. The molecule has 0 N–H and O–H groups in total. The first-order valence-corrected chi connectivity index (χ1v) is 21.9. The van der Waals surface area contributed by atoms with Gasteiger partial charge in [0.05, 0.1) is 21.8 Å². The van der Waals surface area contributed by atoms with Crippen molar-refractivity contribution in [3.05, 3.63) is 52.1 Å². The fraction of sp³-hybridized carbons (Fsp3) is 0.667. The summed E-state index contributed by atoms with van der Waals surface area (Å²) in [6, 6.07) is 8.33. The molecule has 0 spiro atoms. The molecule has 0 aliphatic rings. The van der Waals surface area contributed by atoms with Gasteiger partial charge in [-0.3, -0.25) is 9.59 Å². The first-order valence-electron chi connectivity index (χ1n) is 19.8. The Kier molecular flexibility index (Phi) is 18.1. The van der Waals surface area contributed by atoms with Gasteiger partial charge in [0.1, 0.15) is 0 Å². The van der Waals surface area contributed by atoms with E-state index in [9.17, 15) is 9.59 Å². The highest BCUT2D eigenvalue weighted by Gasteiger charge is 2.21. The normalized spacial score (nSPS) is 12.0. The van der Waals surface area contributed by atoms with E-state index >= 15 is 0 Å².